The van der Waals surface area contributed by atoms with Gasteiger partial charge in [0.05, 0.1) is 0 Å². The van der Waals surface area contributed by atoms with Crippen LogP contribution in [0.15, 0.2) is 42.1 Å². The third kappa shape index (κ3) is 1.95. The molecule has 14 heavy (non-hydrogen) atoms. The summed E-state index contributed by atoms with van der Waals surface area (Å²) >= 11 is 0. The Bertz CT molecular complexity index is 334. The predicted molar refractivity (Wildman–Crippen MR) is 55.1 cm³/mol. The lowest BCUT2D eigenvalue weighted by Gasteiger charge is -2.19. The van der Waals surface area contributed by atoms with Crippen molar-refractivity contribution in [3.8, 4) is 0 Å². The van der Waals surface area contributed by atoms with Crippen molar-refractivity contribution in [2.75, 3.05) is 6.54 Å². The number of hydrogen-bond acceptors (Lipinski definition) is 3. The minimum absolute atomic E-state index is 0.532. The van der Waals surface area contributed by atoms with E-state index in [1.165, 1.54) is 5.56 Å². The molecule has 1 unspecified atom stereocenters. The molecule has 1 aliphatic rings. The summed E-state index contributed by atoms with van der Waals surface area (Å²) in [6.07, 6.45) is 1.15. The molecule has 0 spiro atoms. The van der Waals surface area contributed by atoms with Gasteiger partial charge < -0.3 is 10.8 Å². The van der Waals surface area contributed by atoms with Crippen LogP contribution in [0.5, 0.6) is 0 Å². The molecule has 0 aliphatic carbocycles. The molecule has 0 radical (unpaired) electrons. The van der Waals surface area contributed by atoms with Crippen LogP contribution in [0.4, 0.5) is 0 Å². The fourth-order valence-corrected chi connectivity index (χ4v) is 1.64. The Morgan fingerprint density at radius 1 is 1.36 bits per heavy atom. The Balaban J connectivity index is 2.00. The highest BCUT2D eigenvalue weighted by molar-refractivity contribution is 5.17. The lowest BCUT2D eigenvalue weighted by molar-refractivity contribution is 0.0568. The fraction of sp³-hybridized carbons (Fsp3) is 0.273. The van der Waals surface area contributed by atoms with E-state index in [1.54, 1.807) is 6.08 Å². The van der Waals surface area contributed by atoms with E-state index in [0.717, 1.165) is 12.2 Å². The van der Waals surface area contributed by atoms with E-state index in [2.05, 4.69) is 0 Å². The van der Waals surface area contributed by atoms with Gasteiger partial charge in [0.2, 0.25) is 0 Å². The van der Waals surface area contributed by atoms with Gasteiger partial charge in [-0.1, -0.05) is 30.3 Å². The minimum atomic E-state index is -0.532. The average molecular weight is 190 g/mol. The van der Waals surface area contributed by atoms with E-state index in [0.29, 0.717) is 6.54 Å². The molecule has 3 N–H and O–H groups in total. The zero-order valence-corrected chi connectivity index (χ0v) is 7.93. The quantitative estimate of drug-likeness (QED) is 0.720. The third-order valence-corrected chi connectivity index (χ3v) is 2.35. The van der Waals surface area contributed by atoms with Crippen LogP contribution in [0.1, 0.15) is 5.56 Å². The highest BCUT2D eigenvalue weighted by Crippen LogP contribution is 2.14. The number of aliphatic hydroxyl groups excluding tert-OH is 1. The molecule has 0 aromatic heterocycles. The molecule has 3 heteroatoms. The highest BCUT2D eigenvalue weighted by atomic mass is 16.3. The molecule has 1 aromatic carbocycles. The van der Waals surface area contributed by atoms with Crippen LogP contribution in [0, 0.1) is 0 Å². The summed E-state index contributed by atoms with van der Waals surface area (Å²) in [6, 6.07) is 10.1. The van der Waals surface area contributed by atoms with E-state index in [4.69, 9.17) is 5.73 Å². The van der Waals surface area contributed by atoms with E-state index in [9.17, 15) is 5.11 Å². The van der Waals surface area contributed by atoms with Crippen LogP contribution in [0.2, 0.25) is 0 Å². The topological polar surface area (TPSA) is 49.5 Å². The number of nitrogens with zero attached hydrogens (tertiary/aromatic N) is 1. The summed E-state index contributed by atoms with van der Waals surface area (Å²) in [5, 5.41) is 9.59. The second kappa shape index (κ2) is 3.82. The summed E-state index contributed by atoms with van der Waals surface area (Å²) in [5.41, 5.74) is 7.56. The van der Waals surface area contributed by atoms with E-state index in [-0.39, 0.29) is 0 Å². The van der Waals surface area contributed by atoms with Crippen molar-refractivity contribution in [3.63, 3.8) is 0 Å². The van der Waals surface area contributed by atoms with Gasteiger partial charge in [-0.05, 0) is 11.6 Å². The monoisotopic (exact) mass is 190 g/mol. The summed E-state index contributed by atoms with van der Waals surface area (Å²) in [5.74, 6) is 0. The first-order valence-electron chi connectivity index (χ1n) is 4.68. The van der Waals surface area contributed by atoms with E-state index >= 15 is 0 Å². The minimum Gasteiger partial charge on any atom is -0.401 e. The molecule has 1 atom stereocenters. The van der Waals surface area contributed by atoms with Crippen molar-refractivity contribution in [2.45, 2.75) is 12.8 Å². The average Bonchev–Trinajstić information content (AvgIpc) is 2.47. The zero-order valence-electron chi connectivity index (χ0n) is 7.93. The summed E-state index contributed by atoms with van der Waals surface area (Å²) < 4.78 is 0. The van der Waals surface area contributed by atoms with Crippen molar-refractivity contribution in [3.05, 3.63) is 47.7 Å². The molecule has 0 bridgehead atoms. The Morgan fingerprint density at radius 2 is 2.07 bits per heavy atom. The molecular weight excluding hydrogens is 176 g/mol. The van der Waals surface area contributed by atoms with E-state index < -0.39 is 6.23 Å². The normalized spacial score (nSPS) is 22.4. The van der Waals surface area contributed by atoms with Crippen molar-refractivity contribution < 1.29 is 5.11 Å². The fourth-order valence-electron chi connectivity index (χ4n) is 1.64. The molecule has 0 saturated heterocycles. The summed E-state index contributed by atoms with van der Waals surface area (Å²) in [6.45, 7) is 1.38. The molecule has 2 rings (SSSR count). The number of benzene rings is 1. The third-order valence-electron chi connectivity index (χ3n) is 2.35. The lowest BCUT2D eigenvalue weighted by Crippen LogP contribution is -2.29. The van der Waals surface area contributed by atoms with Crippen LogP contribution in [0.25, 0.3) is 0 Å². The SMILES string of the molecule is NC1=CC(O)N(Cc2ccccc2)C1. The number of hydrogen-bond donors (Lipinski definition) is 2. The molecule has 3 nitrogen and oxygen atoms in total. The first-order chi connectivity index (χ1) is 6.75. The van der Waals surface area contributed by atoms with Crippen LogP contribution in [0.3, 0.4) is 0 Å². The molecule has 1 heterocycles. The van der Waals surface area contributed by atoms with Gasteiger partial charge >= 0.3 is 0 Å². The molecule has 74 valence electrons. The van der Waals surface area contributed by atoms with Crippen LogP contribution in [-0.2, 0) is 6.54 Å². The van der Waals surface area contributed by atoms with Crippen LogP contribution < -0.4 is 5.73 Å². The van der Waals surface area contributed by atoms with Gasteiger partial charge in [0.15, 0.2) is 0 Å². The maximum absolute atomic E-state index is 9.59. The molecular formula is C11H14N2O. The largest absolute Gasteiger partial charge is 0.401 e. The molecule has 1 aliphatic heterocycles. The Labute approximate surface area is 83.5 Å². The Kier molecular flexibility index (Phi) is 2.52. The van der Waals surface area contributed by atoms with Gasteiger partial charge in [-0.2, -0.15) is 0 Å². The maximum atomic E-state index is 9.59. The van der Waals surface area contributed by atoms with Crippen LogP contribution in [-0.4, -0.2) is 22.8 Å². The van der Waals surface area contributed by atoms with Gasteiger partial charge in [-0.15, -0.1) is 0 Å². The standard InChI is InChI=1S/C11H14N2O/c12-10-6-11(14)13(8-10)7-9-4-2-1-3-5-9/h1-6,11,14H,7-8,12H2. The number of nitrogens with two attached hydrogens (primary N) is 1. The van der Waals surface area contributed by atoms with Gasteiger partial charge in [0.1, 0.15) is 6.23 Å². The molecule has 1 aromatic rings. The molecule has 0 saturated carbocycles. The van der Waals surface area contributed by atoms with Gasteiger partial charge in [-0.25, -0.2) is 0 Å². The highest BCUT2D eigenvalue weighted by Gasteiger charge is 2.20. The summed E-state index contributed by atoms with van der Waals surface area (Å²) in [7, 11) is 0. The first kappa shape index (κ1) is 9.24. The second-order valence-corrected chi connectivity index (χ2v) is 3.55. The van der Waals surface area contributed by atoms with Crippen molar-refractivity contribution in [1.82, 2.24) is 4.90 Å². The second-order valence-electron chi connectivity index (χ2n) is 3.55. The summed E-state index contributed by atoms with van der Waals surface area (Å²) in [4.78, 5) is 1.92. The first-order valence-corrected chi connectivity index (χ1v) is 4.68. The van der Waals surface area contributed by atoms with Crippen molar-refractivity contribution in [1.29, 1.82) is 0 Å². The zero-order chi connectivity index (χ0) is 9.97. The Morgan fingerprint density at radius 3 is 2.64 bits per heavy atom. The number of aliphatic hydroxyl groups is 1. The maximum Gasteiger partial charge on any atom is 0.129 e. The van der Waals surface area contributed by atoms with Gasteiger partial charge in [-0.3, -0.25) is 4.90 Å². The molecule has 0 amide bonds. The van der Waals surface area contributed by atoms with Crippen molar-refractivity contribution >= 4 is 0 Å². The number of rotatable bonds is 2. The Hall–Kier alpha value is -1.32. The van der Waals surface area contributed by atoms with Crippen molar-refractivity contribution in [2.24, 2.45) is 5.73 Å². The van der Waals surface area contributed by atoms with E-state index in [1.807, 2.05) is 35.2 Å². The van der Waals surface area contributed by atoms with Crippen LogP contribution >= 0.6 is 0 Å². The van der Waals surface area contributed by atoms with Gasteiger partial charge in [0.25, 0.3) is 0 Å². The van der Waals surface area contributed by atoms with Gasteiger partial charge in [0, 0.05) is 18.8 Å². The lowest BCUT2D eigenvalue weighted by atomic mass is 10.2. The smallest absolute Gasteiger partial charge is 0.129 e. The molecule has 0 fully saturated rings. The predicted octanol–water partition coefficient (Wildman–Crippen LogP) is 0.663.